The Morgan fingerprint density at radius 1 is 1.44 bits per heavy atom. The summed E-state index contributed by atoms with van der Waals surface area (Å²) in [5, 5.41) is 9.08. The van der Waals surface area contributed by atoms with Gasteiger partial charge in [0.15, 0.2) is 0 Å². The zero-order valence-electron chi connectivity index (χ0n) is 9.16. The second-order valence-corrected chi connectivity index (χ2v) is 4.52. The highest BCUT2D eigenvalue weighted by molar-refractivity contribution is 9.10. The van der Waals surface area contributed by atoms with Crippen molar-refractivity contribution in [2.24, 2.45) is 0 Å². The minimum absolute atomic E-state index is 0.00711. The number of carboxylic acid groups (broad SMARTS) is 1. The van der Waals surface area contributed by atoms with Crippen molar-refractivity contribution in [2.45, 2.75) is 26.2 Å². The van der Waals surface area contributed by atoms with E-state index < -0.39 is 5.97 Å². The van der Waals surface area contributed by atoms with E-state index in [1.54, 1.807) is 12.1 Å². The molecule has 0 bridgehead atoms. The number of Topliss-reactive ketones (excluding diaryl/α,β-unsaturated/α-hetero) is 1. The van der Waals surface area contributed by atoms with Crippen molar-refractivity contribution in [3.05, 3.63) is 33.8 Å². The van der Waals surface area contributed by atoms with E-state index in [0.29, 0.717) is 16.5 Å². The number of hydrogen-bond acceptors (Lipinski definition) is 2. The number of carbonyl (C=O) groups excluding carboxylic acids is 1. The summed E-state index contributed by atoms with van der Waals surface area (Å²) < 4.78 is 0.701. The standard InChI is InChI=1S/C12H13BrO3/c1-3-9(7(2)14)10-5-4-8(13)6-11(10)12(15)16/h4-6,9H,3H2,1-2H3,(H,15,16)/t9-/m1/s1. The molecule has 0 aliphatic carbocycles. The number of carbonyl (C=O) groups is 2. The molecule has 0 fully saturated rings. The molecule has 1 atom stereocenters. The van der Waals surface area contributed by atoms with Gasteiger partial charge in [-0.25, -0.2) is 4.79 Å². The van der Waals surface area contributed by atoms with E-state index in [1.807, 2.05) is 6.92 Å². The summed E-state index contributed by atoms with van der Waals surface area (Å²) in [6.45, 7) is 3.36. The summed E-state index contributed by atoms with van der Waals surface area (Å²) in [4.78, 5) is 22.5. The Labute approximate surface area is 103 Å². The van der Waals surface area contributed by atoms with Gasteiger partial charge in [-0.15, -0.1) is 0 Å². The third-order valence-electron chi connectivity index (χ3n) is 2.52. The third-order valence-corrected chi connectivity index (χ3v) is 3.01. The average molecular weight is 285 g/mol. The molecular formula is C12H13BrO3. The Balaban J connectivity index is 3.31. The molecule has 86 valence electrons. The van der Waals surface area contributed by atoms with Crippen molar-refractivity contribution in [3.8, 4) is 0 Å². The van der Waals surface area contributed by atoms with Gasteiger partial charge in [0.05, 0.1) is 5.56 Å². The smallest absolute Gasteiger partial charge is 0.336 e. The third kappa shape index (κ3) is 2.70. The molecule has 0 aliphatic heterocycles. The van der Waals surface area contributed by atoms with Gasteiger partial charge in [0.2, 0.25) is 0 Å². The fraction of sp³-hybridized carbons (Fsp3) is 0.333. The van der Waals surface area contributed by atoms with Gasteiger partial charge in [0.1, 0.15) is 5.78 Å². The summed E-state index contributed by atoms with van der Waals surface area (Å²) in [5.41, 5.74) is 0.780. The van der Waals surface area contributed by atoms with Crippen LogP contribution in [0.1, 0.15) is 42.1 Å². The molecule has 1 N–H and O–H groups in total. The van der Waals surface area contributed by atoms with Crippen LogP contribution in [0.4, 0.5) is 0 Å². The molecule has 0 amide bonds. The molecule has 3 nitrogen and oxygen atoms in total. The molecule has 0 saturated carbocycles. The lowest BCUT2D eigenvalue weighted by Gasteiger charge is -2.14. The number of halogens is 1. The van der Waals surface area contributed by atoms with Crippen LogP contribution >= 0.6 is 15.9 Å². The van der Waals surface area contributed by atoms with Crippen LogP contribution < -0.4 is 0 Å². The molecule has 1 rings (SSSR count). The van der Waals surface area contributed by atoms with Crippen LogP contribution in [-0.2, 0) is 4.79 Å². The molecular weight excluding hydrogens is 272 g/mol. The molecule has 0 aromatic heterocycles. The minimum atomic E-state index is -1.00. The van der Waals surface area contributed by atoms with E-state index in [0.717, 1.165) is 0 Å². The van der Waals surface area contributed by atoms with Gasteiger partial charge in [0.25, 0.3) is 0 Å². The highest BCUT2D eigenvalue weighted by Gasteiger charge is 2.21. The van der Waals surface area contributed by atoms with E-state index in [2.05, 4.69) is 15.9 Å². The van der Waals surface area contributed by atoms with E-state index in [1.165, 1.54) is 13.0 Å². The Kier molecular flexibility index (Phi) is 4.24. The summed E-state index contributed by atoms with van der Waals surface area (Å²) in [5.74, 6) is -1.34. The van der Waals surface area contributed by atoms with Crippen molar-refractivity contribution in [3.63, 3.8) is 0 Å². The maximum atomic E-state index is 11.4. The molecule has 0 radical (unpaired) electrons. The zero-order chi connectivity index (χ0) is 12.3. The Bertz CT molecular complexity index is 426. The second kappa shape index (κ2) is 5.25. The summed E-state index contributed by atoms with van der Waals surface area (Å²) >= 11 is 3.22. The molecule has 0 unspecified atom stereocenters. The number of ketones is 1. The van der Waals surface area contributed by atoms with Gasteiger partial charge in [0, 0.05) is 10.4 Å². The number of carboxylic acids is 1. The van der Waals surface area contributed by atoms with E-state index >= 15 is 0 Å². The Morgan fingerprint density at radius 2 is 2.06 bits per heavy atom. The number of aromatic carboxylic acids is 1. The average Bonchev–Trinajstić information content (AvgIpc) is 2.20. The summed E-state index contributed by atoms with van der Waals surface area (Å²) in [6, 6.07) is 4.99. The van der Waals surface area contributed by atoms with Crippen LogP contribution in [-0.4, -0.2) is 16.9 Å². The topological polar surface area (TPSA) is 54.4 Å². The number of rotatable bonds is 4. The van der Waals surface area contributed by atoms with Gasteiger partial charge >= 0.3 is 5.97 Å². The summed E-state index contributed by atoms with van der Waals surface area (Å²) in [7, 11) is 0. The normalized spacial score (nSPS) is 12.2. The van der Waals surface area contributed by atoms with E-state index in [9.17, 15) is 9.59 Å². The predicted molar refractivity (Wildman–Crippen MR) is 64.8 cm³/mol. The maximum absolute atomic E-state index is 11.4. The molecule has 16 heavy (non-hydrogen) atoms. The van der Waals surface area contributed by atoms with Gasteiger partial charge < -0.3 is 5.11 Å². The molecule has 1 aromatic carbocycles. The molecule has 0 spiro atoms. The first kappa shape index (κ1) is 12.9. The minimum Gasteiger partial charge on any atom is -0.478 e. The lowest BCUT2D eigenvalue weighted by Crippen LogP contribution is -2.13. The van der Waals surface area contributed by atoms with Crippen molar-refractivity contribution in [1.82, 2.24) is 0 Å². The molecule has 0 aliphatic rings. The lowest BCUT2D eigenvalue weighted by molar-refractivity contribution is -0.118. The van der Waals surface area contributed by atoms with E-state index in [-0.39, 0.29) is 17.3 Å². The maximum Gasteiger partial charge on any atom is 0.336 e. The van der Waals surface area contributed by atoms with Gasteiger partial charge in [-0.3, -0.25) is 4.79 Å². The fourth-order valence-electron chi connectivity index (χ4n) is 1.74. The van der Waals surface area contributed by atoms with Crippen molar-refractivity contribution in [1.29, 1.82) is 0 Å². The first-order valence-electron chi connectivity index (χ1n) is 5.00. The second-order valence-electron chi connectivity index (χ2n) is 3.61. The monoisotopic (exact) mass is 284 g/mol. The summed E-state index contributed by atoms with van der Waals surface area (Å²) in [6.07, 6.45) is 0.608. The van der Waals surface area contributed by atoms with Crippen LogP contribution in [0.5, 0.6) is 0 Å². The zero-order valence-corrected chi connectivity index (χ0v) is 10.7. The molecule has 0 heterocycles. The van der Waals surface area contributed by atoms with Crippen LogP contribution in [0.3, 0.4) is 0 Å². The lowest BCUT2D eigenvalue weighted by atomic mass is 9.89. The van der Waals surface area contributed by atoms with Crippen molar-refractivity contribution in [2.75, 3.05) is 0 Å². The van der Waals surface area contributed by atoms with Gasteiger partial charge in [-0.05, 0) is 31.0 Å². The largest absolute Gasteiger partial charge is 0.478 e. The van der Waals surface area contributed by atoms with Gasteiger partial charge in [-0.2, -0.15) is 0 Å². The highest BCUT2D eigenvalue weighted by Crippen LogP contribution is 2.27. The Hall–Kier alpha value is -1.16. The number of benzene rings is 1. The first-order chi connectivity index (χ1) is 7.47. The van der Waals surface area contributed by atoms with Crippen LogP contribution in [0, 0.1) is 0 Å². The van der Waals surface area contributed by atoms with E-state index in [4.69, 9.17) is 5.11 Å². The predicted octanol–water partition coefficient (Wildman–Crippen LogP) is 3.23. The van der Waals surface area contributed by atoms with Crippen LogP contribution in [0.25, 0.3) is 0 Å². The number of hydrogen-bond donors (Lipinski definition) is 1. The Morgan fingerprint density at radius 3 is 2.50 bits per heavy atom. The molecule has 0 saturated heterocycles. The van der Waals surface area contributed by atoms with Crippen molar-refractivity contribution < 1.29 is 14.7 Å². The fourth-order valence-corrected chi connectivity index (χ4v) is 2.11. The van der Waals surface area contributed by atoms with Gasteiger partial charge in [-0.1, -0.05) is 28.9 Å². The molecule has 4 heteroatoms. The van der Waals surface area contributed by atoms with Crippen LogP contribution in [0.2, 0.25) is 0 Å². The van der Waals surface area contributed by atoms with Crippen LogP contribution in [0.15, 0.2) is 22.7 Å². The highest BCUT2D eigenvalue weighted by atomic mass is 79.9. The SMILES string of the molecule is CC[C@H](C(C)=O)c1ccc(Br)cc1C(=O)O. The first-order valence-corrected chi connectivity index (χ1v) is 5.79. The quantitative estimate of drug-likeness (QED) is 0.924. The molecule has 1 aromatic rings. The van der Waals surface area contributed by atoms with Crippen molar-refractivity contribution >= 4 is 27.7 Å².